The molecule has 10 rings (SSSR count). The molecule has 1 fully saturated rings. The van der Waals surface area contributed by atoms with Crippen LogP contribution in [0.25, 0.3) is 21.3 Å². The smallest absolute Gasteiger partial charge is 0.316 e. The zero-order valence-corrected chi connectivity index (χ0v) is 65.6. The molecular weight excluding hydrogens is 1500 g/mol. The van der Waals surface area contributed by atoms with Crippen LogP contribution in [0.2, 0.25) is 15.1 Å². The van der Waals surface area contributed by atoms with Crippen molar-refractivity contribution in [2.45, 2.75) is 135 Å². The largest absolute Gasteiger partial charge is 0.506 e. The minimum atomic E-state index is -4.56. The number of ether oxygens (including phenoxy) is 1. The lowest BCUT2D eigenvalue weighted by atomic mass is 10.0. The van der Waals surface area contributed by atoms with Crippen LogP contribution in [0.1, 0.15) is 137 Å². The number of carbonyl (C=O) groups is 2. The second kappa shape index (κ2) is 40.3. The molecule has 108 heavy (non-hydrogen) atoms. The number of morpholine rings is 1. The number of aryl methyl sites for hydroxylation is 3. The highest BCUT2D eigenvalue weighted by atomic mass is 35.5. The van der Waals surface area contributed by atoms with Gasteiger partial charge in [0.2, 0.25) is 5.91 Å². The molecule has 8 aromatic carbocycles. The number of aromatic hydroxyl groups is 3. The third-order valence-corrected chi connectivity index (χ3v) is 22.0. The van der Waals surface area contributed by atoms with Gasteiger partial charge in [-0.1, -0.05) is 186 Å². The lowest BCUT2D eigenvalue weighted by Crippen LogP contribution is -2.37. The van der Waals surface area contributed by atoms with E-state index in [1.807, 2.05) is 72.5 Å². The Labute approximate surface area is 649 Å². The molecule has 1 atom stereocenters. The predicted molar refractivity (Wildman–Crippen MR) is 431 cm³/mol. The van der Waals surface area contributed by atoms with Gasteiger partial charge < -0.3 is 39.4 Å². The van der Waals surface area contributed by atoms with Gasteiger partial charge in [-0.3, -0.25) is 23.8 Å². The van der Waals surface area contributed by atoms with Crippen molar-refractivity contribution in [3.05, 3.63) is 200 Å². The van der Waals surface area contributed by atoms with E-state index in [-0.39, 0.29) is 101 Å². The van der Waals surface area contributed by atoms with E-state index in [9.17, 15) is 46.0 Å². The molecule has 1 aliphatic heterocycles. The molecule has 29 heteroatoms. The molecule has 1 aromatic heterocycles. The molecule has 0 bridgehead atoms. The molecule has 1 aliphatic rings. The van der Waals surface area contributed by atoms with Crippen molar-refractivity contribution in [3.8, 4) is 41.0 Å². The number of phenols is 3. The molecule has 0 saturated carbocycles. The second-order valence-corrected chi connectivity index (χ2v) is 30.8. The van der Waals surface area contributed by atoms with Crippen molar-refractivity contribution < 1.29 is 54.9 Å². The van der Waals surface area contributed by atoms with Gasteiger partial charge in [0.25, 0.3) is 31.6 Å². The van der Waals surface area contributed by atoms with E-state index in [1.54, 1.807) is 49.9 Å². The standard InChI is InChI=1S/C37H34Cl3N9O8S2.C33H46N2O4S.C9H8/c1-5-35(51)43-28-15-23(14-26(40)36(28)52)44-45-37-29(41-4)19-42-49(37)31-17-25(39)33(18-24(31)38)58(53,54)46-22-6-7-30(48-8-10-57-11-9-48)34(16-22)59(55,56)47-27-12-20(2)21(3)13-32(27)50;1-3-5-7-9-11-18-24-35(25-19-12-10-8-6-4-2)33(37)30-26-31(28-22-16-17-23-29(28)32(30)36)34-40(38)39-27-20-14-13-15-21-27;1-3-9-6-4-8(2)5-7-9/h6-7,12-19,46-47,50,52H,5,8-11H2,1-3H3,(H,43,51);13-17,20-23,26,34,36H,3-12,18-19,24-25H2,1-2H3;1,4-7H,2H3. The van der Waals surface area contributed by atoms with Crippen molar-refractivity contribution in [2.24, 2.45) is 10.2 Å². The summed E-state index contributed by atoms with van der Waals surface area (Å²) in [4.78, 5) is 32.2. The van der Waals surface area contributed by atoms with Gasteiger partial charge >= 0.3 is 11.3 Å². The van der Waals surface area contributed by atoms with Crippen LogP contribution in [-0.2, 0) is 40.8 Å². The van der Waals surface area contributed by atoms with Crippen LogP contribution in [0, 0.1) is 39.7 Å². The molecular formula is C79H88Cl3N11O12S3. The summed E-state index contributed by atoms with van der Waals surface area (Å²) < 4.78 is 88.4. The van der Waals surface area contributed by atoms with E-state index in [0.29, 0.717) is 61.6 Å². The predicted octanol–water partition coefficient (Wildman–Crippen LogP) is 19.4. The third kappa shape index (κ3) is 23.1. The van der Waals surface area contributed by atoms with Crippen LogP contribution < -0.4 is 28.6 Å². The lowest BCUT2D eigenvalue weighted by Gasteiger charge is -2.30. The highest BCUT2D eigenvalue weighted by Crippen LogP contribution is 2.42. The van der Waals surface area contributed by atoms with Gasteiger partial charge in [0.05, 0.1) is 86.4 Å². The fourth-order valence-electron chi connectivity index (χ4n) is 11.4. The van der Waals surface area contributed by atoms with Crippen molar-refractivity contribution in [1.82, 2.24) is 14.7 Å². The number of nitrogens with zero attached hydrogens (tertiary/aromatic N) is 7. The molecule has 0 radical (unpaired) electrons. The fraction of sp³-hybridized carbons (Fsp3) is 0.316. The normalized spacial score (nSPS) is 12.4. The number of para-hydroxylation sites is 1. The number of azo groups is 1. The number of unbranched alkanes of at least 4 members (excludes halogenated alkanes) is 10. The zero-order valence-electron chi connectivity index (χ0n) is 60.9. The van der Waals surface area contributed by atoms with E-state index in [2.05, 4.69) is 59.4 Å². The number of hydrogen-bond acceptors (Lipinski definition) is 16. The average Bonchev–Trinajstić information content (AvgIpc) is 1.16. The number of benzene rings is 8. The summed E-state index contributed by atoms with van der Waals surface area (Å²) in [6, 6.07) is 37.5. The van der Waals surface area contributed by atoms with Crippen molar-refractivity contribution in [3.63, 3.8) is 0 Å². The monoisotopic (exact) mass is 1580 g/mol. The topological polar surface area (TPSA) is 300 Å². The summed E-state index contributed by atoms with van der Waals surface area (Å²) in [5, 5.41) is 47.6. The number of phenolic OH excluding ortho intramolecular Hbond substituents is 3. The minimum Gasteiger partial charge on any atom is -0.506 e. The van der Waals surface area contributed by atoms with Gasteiger partial charge in [-0.05, 0) is 130 Å². The number of fused-ring (bicyclic) bond motifs is 1. The Hall–Kier alpha value is -9.90. The molecule has 2 amide bonds. The first kappa shape index (κ1) is 83.7. The number of terminal acetylenes is 1. The van der Waals surface area contributed by atoms with Crippen molar-refractivity contribution >= 4 is 134 Å². The Bertz CT molecular complexity index is 5000. The van der Waals surface area contributed by atoms with Crippen LogP contribution in [0.4, 0.5) is 45.6 Å². The lowest BCUT2D eigenvalue weighted by molar-refractivity contribution is -0.115. The number of aromatic nitrogens is 2. The zero-order chi connectivity index (χ0) is 78.1. The summed E-state index contributed by atoms with van der Waals surface area (Å²) in [6.45, 7) is 22.0. The molecule has 570 valence electrons. The molecule has 7 N–H and O–H groups in total. The number of carbonyl (C=O) groups excluding carboxylic acids is 2. The number of halogens is 3. The second-order valence-electron chi connectivity index (χ2n) is 25.4. The Morgan fingerprint density at radius 3 is 1.94 bits per heavy atom. The van der Waals surface area contributed by atoms with Gasteiger partial charge in [-0.15, -0.1) is 11.5 Å². The molecule has 1 saturated heterocycles. The molecule has 1 unspecified atom stereocenters. The van der Waals surface area contributed by atoms with Crippen LogP contribution in [0.15, 0.2) is 166 Å². The van der Waals surface area contributed by atoms with E-state index in [0.717, 1.165) is 59.2 Å². The SMILES string of the molecule is C#Cc1ccc(C)cc1.CCCCCCCCN(CCCCCCCC)C(=O)c1cc(NS(=O)Oc2ccccc2)c2ccccc2c1O.[C-]#[N+]c1cnn(-c2cc(Cl)c(S(=O)(=O)Nc3ccc(N4CCOCC4)c(S(=O)(=O)Nc4cc(C)c(C)cc4O)c3)cc2Cl)c1N=Nc1cc(Cl)c(O)c(NC(=O)CC)c1. The number of anilines is 5. The maximum atomic E-state index is 14.0. The van der Waals surface area contributed by atoms with E-state index in [4.69, 9.17) is 56.7 Å². The molecule has 23 nitrogen and oxygen atoms in total. The number of hydrogen-bond donors (Lipinski definition) is 7. The van der Waals surface area contributed by atoms with Gasteiger partial charge in [-0.2, -0.15) is 14.4 Å². The van der Waals surface area contributed by atoms with Crippen LogP contribution in [0.5, 0.6) is 23.0 Å². The third-order valence-electron chi connectivity index (χ3n) is 17.4. The maximum Gasteiger partial charge on any atom is 0.316 e. The fourth-order valence-corrected chi connectivity index (χ4v) is 15.5. The molecule has 0 aliphatic carbocycles. The average molecular weight is 1590 g/mol. The first-order chi connectivity index (χ1) is 51.8. The number of amides is 2. The van der Waals surface area contributed by atoms with Gasteiger partial charge in [0.15, 0.2) is 11.6 Å². The van der Waals surface area contributed by atoms with E-state index in [1.165, 1.54) is 106 Å². The first-order valence-electron chi connectivity index (χ1n) is 35.3. The van der Waals surface area contributed by atoms with E-state index >= 15 is 0 Å². The first-order valence-corrected chi connectivity index (χ1v) is 40.5. The van der Waals surface area contributed by atoms with Gasteiger partial charge in [0.1, 0.15) is 27.0 Å². The van der Waals surface area contributed by atoms with Crippen LogP contribution in [0.3, 0.4) is 0 Å². The highest BCUT2D eigenvalue weighted by molar-refractivity contribution is 7.93. The van der Waals surface area contributed by atoms with Crippen LogP contribution >= 0.6 is 34.8 Å². The summed E-state index contributed by atoms with van der Waals surface area (Å²) >= 11 is 17.5. The highest BCUT2D eigenvalue weighted by Gasteiger charge is 2.30. The van der Waals surface area contributed by atoms with Crippen molar-refractivity contribution in [1.29, 1.82) is 0 Å². The summed E-state index contributed by atoms with van der Waals surface area (Å²) in [6.07, 6.45) is 20.2. The van der Waals surface area contributed by atoms with Crippen molar-refractivity contribution in [2.75, 3.05) is 63.8 Å². The summed E-state index contributed by atoms with van der Waals surface area (Å²) in [7, 11) is -8.99. The van der Waals surface area contributed by atoms with E-state index < -0.39 is 42.1 Å². The Morgan fingerprint density at radius 2 is 1.30 bits per heavy atom. The number of nitrogens with one attached hydrogen (secondary N) is 4. The molecule has 9 aromatic rings. The Balaban J connectivity index is 0.000000257. The Morgan fingerprint density at radius 1 is 0.676 bits per heavy atom. The summed E-state index contributed by atoms with van der Waals surface area (Å²) in [5.41, 5.74) is 4.46. The van der Waals surface area contributed by atoms with Gasteiger partial charge in [-0.25, -0.2) is 26.4 Å². The minimum absolute atomic E-state index is 0.0161. The van der Waals surface area contributed by atoms with Crippen LogP contribution in [-0.4, -0.2) is 102 Å². The maximum absolute atomic E-state index is 14.0. The summed E-state index contributed by atoms with van der Waals surface area (Å²) in [5.74, 6) is 1.59. The quantitative estimate of drug-likeness (QED) is 0.00531. The molecule has 0 spiro atoms. The van der Waals surface area contributed by atoms with Gasteiger partial charge in [0, 0.05) is 48.9 Å². The number of sulfonamides is 2. The number of rotatable bonds is 31. The Kier molecular flexibility index (Phi) is 31.3. The molecule has 2 heterocycles.